The molecule has 3 rings (SSSR count). The number of halogens is 3. The lowest BCUT2D eigenvalue weighted by Crippen LogP contribution is -2.04. The second-order valence-electron chi connectivity index (χ2n) is 5.06. The number of benzene rings is 1. The Kier molecular flexibility index (Phi) is 4.34. The molecule has 25 heavy (non-hydrogen) atoms. The lowest BCUT2D eigenvalue weighted by Gasteiger charge is -2.08. The van der Waals surface area contributed by atoms with Gasteiger partial charge in [0.15, 0.2) is 0 Å². The topological polar surface area (TPSA) is 78.1 Å². The lowest BCUT2D eigenvalue weighted by atomic mass is 10.1. The van der Waals surface area contributed by atoms with Gasteiger partial charge in [-0.3, -0.25) is 0 Å². The van der Waals surface area contributed by atoms with Gasteiger partial charge in [-0.05, 0) is 25.1 Å². The van der Waals surface area contributed by atoms with Gasteiger partial charge in [-0.15, -0.1) is 11.3 Å². The molecule has 0 unspecified atom stereocenters. The molecule has 0 atom stereocenters. The number of nitrogens with zero attached hydrogens (tertiary/aromatic N) is 2. The minimum absolute atomic E-state index is 0.0281. The summed E-state index contributed by atoms with van der Waals surface area (Å²) in [5.41, 5.74) is 5.74. The van der Waals surface area contributed by atoms with E-state index >= 15 is 0 Å². The highest BCUT2D eigenvalue weighted by atomic mass is 32.1. The molecule has 2 aromatic heterocycles. The Morgan fingerprint density at radius 3 is 2.52 bits per heavy atom. The van der Waals surface area contributed by atoms with E-state index in [4.69, 9.17) is 10.5 Å². The molecular weight excluding hydrogens is 355 g/mol. The van der Waals surface area contributed by atoms with Crippen LogP contribution in [0.4, 0.5) is 19.1 Å². The van der Waals surface area contributed by atoms with Crippen LogP contribution in [0.5, 0.6) is 0 Å². The van der Waals surface area contributed by atoms with E-state index < -0.39 is 17.7 Å². The second-order valence-corrected chi connectivity index (χ2v) is 6.09. The summed E-state index contributed by atoms with van der Waals surface area (Å²) in [6, 6.07) is 6.12. The van der Waals surface area contributed by atoms with Crippen LogP contribution in [0.2, 0.25) is 0 Å². The first-order valence-corrected chi connectivity index (χ1v) is 8.03. The Hall–Kier alpha value is -2.68. The average molecular weight is 367 g/mol. The van der Waals surface area contributed by atoms with Crippen molar-refractivity contribution >= 4 is 33.5 Å². The van der Waals surface area contributed by atoms with Gasteiger partial charge in [0.05, 0.1) is 17.9 Å². The number of hydrogen-bond acceptors (Lipinski definition) is 6. The number of rotatable bonds is 3. The number of hydrogen-bond donors (Lipinski definition) is 1. The number of carbonyl (C=O) groups excluding carboxylic acids is 1. The number of alkyl halides is 3. The average Bonchev–Trinajstić information content (AvgIpc) is 2.97. The van der Waals surface area contributed by atoms with Gasteiger partial charge in [0.1, 0.15) is 9.71 Å². The smallest absolute Gasteiger partial charge is 0.416 e. The summed E-state index contributed by atoms with van der Waals surface area (Å²) in [5, 5.41) is 0.530. The molecule has 2 heterocycles. The first kappa shape index (κ1) is 17.2. The lowest BCUT2D eigenvalue weighted by molar-refractivity contribution is -0.137. The molecule has 0 bridgehead atoms. The van der Waals surface area contributed by atoms with Gasteiger partial charge >= 0.3 is 12.1 Å². The van der Waals surface area contributed by atoms with E-state index in [-0.39, 0.29) is 12.6 Å². The molecule has 0 amide bonds. The first-order chi connectivity index (χ1) is 11.8. The maximum atomic E-state index is 12.7. The molecule has 0 radical (unpaired) electrons. The number of anilines is 1. The Labute approximate surface area is 144 Å². The summed E-state index contributed by atoms with van der Waals surface area (Å²) in [6.07, 6.45) is -4.42. The number of ether oxygens (including phenoxy) is 1. The minimum Gasteiger partial charge on any atom is -0.462 e. The van der Waals surface area contributed by atoms with Crippen LogP contribution in [0.15, 0.2) is 30.3 Å². The normalized spacial score (nSPS) is 11.7. The Morgan fingerprint density at radius 2 is 1.92 bits per heavy atom. The molecule has 0 fully saturated rings. The Balaban J connectivity index is 2.10. The van der Waals surface area contributed by atoms with Gasteiger partial charge in [-0.1, -0.05) is 12.1 Å². The third-order valence-electron chi connectivity index (χ3n) is 3.37. The number of carbonyl (C=O) groups is 1. The zero-order chi connectivity index (χ0) is 18.2. The number of fused-ring (bicyclic) bond motifs is 1. The summed E-state index contributed by atoms with van der Waals surface area (Å²) in [5.74, 6) is -0.526. The molecular formula is C16H12F3N3O2S. The van der Waals surface area contributed by atoms with Gasteiger partial charge in [0, 0.05) is 10.9 Å². The monoisotopic (exact) mass is 367 g/mol. The fourth-order valence-corrected chi connectivity index (χ4v) is 3.21. The standard InChI is InChI=1S/C16H12F3N3O2S/c1-2-24-14(23)11-7-10-12(21-15(20)22-13(10)25-11)8-3-5-9(6-4-8)16(17,18)19/h3-7H,2H2,1H3,(H2,20,21,22). The van der Waals surface area contributed by atoms with Crippen molar-refractivity contribution in [3.63, 3.8) is 0 Å². The van der Waals surface area contributed by atoms with Crippen molar-refractivity contribution < 1.29 is 22.7 Å². The van der Waals surface area contributed by atoms with Crippen molar-refractivity contribution in [2.24, 2.45) is 0 Å². The number of thiophene rings is 1. The van der Waals surface area contributed by atoms with Crippen LogP contribution in [0, 0.1) is 0 Å². The summed E-state index contributed by atoms with van der Waals surface area (Å²) in [4.78, 5) is 20.9. The second kappa shape index (κ2) is 6.32. The van der Waals surface area contributed by atoms with Crippen molar-refractivity contribution in [3.05, 3.63) is 40.8 Å². The Morgan fingerprint density at radius 1 is 1.24 bits per heavy atom. The highest BCUT2D eigenvalue weighted by molar-refractivity contribution is 7.20. The summed E-state index contributed by atoms with van der Waals surface area (Å²) in [7, 11) is 0. The maximum absolute atomic E-state index is 12.7. The fraction of sp³-hybridized carbons (Fsp3) is 0.188. The first-order valence-electron chi connectivity index (χ1n) is 7.21. The zero-order valence-corrected chi connectivity index (χ0v) is 13.7. The van der Waals surface area contributed by atoms with E-state index in [1.165, 1.54) is 12.1 Å². The SMILES string of the molecule is CCOC(=O)c1cc2c(-c3ccc(C(F)(F)F)cc3)nc(N)nc2s1. The summed E-state index contributed by atoms with van der Waals surface area (Å²) >= 11 is 1.09. The molecule has 0 saturated carbocycles. The van der Waals surface area contributed by atoms with E-state index in [0.717, 1.165) is 23.5 Å². The van der Waals surface area contributed by atoms with Crippen LogP contribution in [0.1, 0.15) is 22.2 Å². The van der Waals surface area contributed by atoms with Crippen molar-refractivity contribution in [3.8, 4) is 11.3 Å². The summed E-state index contributed by atoms with van der Waals surface area (Å²) < 4.78 is 43.1. The van der Waals surface area contributed by atoms with E-state index in [1.54, 1.807) is 13.0 Å². The molecule has 0 spiro atoms. The largest absolute Gasteiger partial charge is 0.462 e. The van der Waals surface area contributed by atoms with E-state index in [0.29, 0.717) is 26.4 Å². The summed E-state index contributed by atoms with van der Waals surface area (Å²) in [6.45, 7) is 1.92. The third kappa shape index (κ3) is 3.41. The van der Waals surface area contributed by atoms with Gasteiger partial charge in [0.2, 0.25) is 5.95 Å². The van der Waals surface area contributed by atoms with E-state index in [1.807, 2.05) is 0 Å². The molecule has 9 heteroatoms. The molecule has 0 aliphatic rings. The molecule has 0 saturated heterocycles. The fourth-order valence-electron chi connectivity index (χ4n) is 2.28. The van der Waals surface area contributed by atoms with Crippen LogP contribution >= 0.6 is 11.3 Å². The van der Waals surface area contributed by atoms with Gasteiger partial charge in [-0.25, -0.2) is 14.8 Å². The Bertz CT molecular complexity index is 936. The molecule has 0 aliphatic heterocycles. The van der Waals surface area contributed by atoms with Gasteiger partial charge in [-0.2, -0.15) is 13.2 Å². The van der Waals surface area contributed by atoms with Crippen LogP contribution in [0.3, 0.4) is 0 Å². The van der Waals surface area contributed by atoms with E-state index in [9.17, 15) is 18.0 Å². The molecule has 0 aliphatic carbocycles. The van der Waals surface area contributed by atoms with Crippen LogP contribution in [0.25, 0.3) is 21.5 Å². The van der Waals surface area contributed by atoms with Crippen molar-refractivity contribution in [1.29, 1.82) is 0 Å². The van der Waals surface area contributed by atoms with Gasteiger partial charge < -0.3 is 10.5 Å². The predicted octanol–water partition coefficient (Wildman–Crippen LogP) is 4.14. The highest BCUT2D eigenvalue weighted by Crippen LogP contribution is 2.35. The molecule has 3 aromatic rings. The quantitative estimate of drug-likeness (QED) is 0.704. The van der Waals surface area contributed by atoms with Crippen LogP contribution < -0.4 is 5.73 Å². The van der Waals surface area contributed by atoms with Gasteiger partial charge in [0.25, 0.3) is 0 Å². The van der Waals surface area contributed by atoms with Crippen molar-refractivity contribution in [2.75, 3.05) is 12.3 Å². The van der Waals surface area contributed by atoms with E-state index in [2.05, 4.69) is 9.97 Å². The number of nitrogen functional groups attached to an aromatic ring is 1. The number of nitrogens with two attached hydrogens (primary N) is 1. The molecule has 130 valence electrons. The van der Waals surface area contributed by atoms with Crippen LogP contribution in [-0.4, -0.2) is 22.5 Å². The third-order valence-corrected chi connectivity index (χ3v) is 4.38. The molecule has 5 nitrogen and oxygen atoms in total. The van der Waals surface area contributed by atoms with Crippen LogP contribution in [-0.2, 0) is 10.9 Å². The predicted molar refractivity (Wildman–Crippen MR) is 88.2 cm³/mol. The minimum atomic E-state index is -4.42. The highest BCUT2D eigenvalue weighted by Gasteiger charge is 2.30. The van der Waals surface area contributed by atoms with Crippen molar-refractivity contribution in [1.82, 2.24) is 9.97 Å². The molecule has 1 aromatic carbocycles. The zero-order valence-electron chi connectivity index (χ0n) is 12.9. The number of esters is 1. The number of aromatic nitrogens is 2. The van der Waals surface area contributed by atoms with Crippen molar-refractivity contribution in [2.45, 2.75) is 13.1 Å². The maximum Gasteiger partial charge on any atom is 0.416 e. The molecule has 2 N–H and O–H groups in total.